The number of aromatic nitrogens is 2. The number of rotatable bonds is 6. The number of amides is 1. The number of hydrogen-bond donors (Lipinski definition) is 2. The first-order valence-corrected chi connectivity index (χ1v) is 7.43. The highest BCUT2D eigenvalue weighted by Gasteiger charge is 2.22. The Morgan fingerprint density at radius 3 is 2.43 bits per heavy atom. The van der Waals surface area contributed by atoms with Crippen molar-refractivity contribution < 1.29 is 14.7 Å². The highest BCUT2D eigenvalue weighted by Crippen LogP contribution is 2.13. The maximum absolute atomic E-state index is 12.2. The summed E-state index contributed by atoms with van der Waals surface area (Å²) in [5.41, 5.74) is 3.41. The quantitative estimate of drug-likeness (QED) is 0.844. The van der Waals surface area contributed by atoms with Gasteiger partial charge in [-0.15, -0.1) is 0 Å². The van der Waals surface area contributed by atoms with E-state index in [0.717, 1.165) is 22.5 Å². The molecule has 0 bridgehead atoms. The molecule has 0 fully saturated rings. The highest BCUT2D eigenvalue weighted by atomic mass is 16.4. The Labute approximate surface area is 135 Å². The van der Waals surface area contributed by atoms with Crippen LogP contribution in [0.25, 0.3) is 0 Å². The SMILES string of the molecule is Cc1nn(C)c(C)c1CC(=O)N[C@@H](Cc1ccccc1)C(=O)O. The van der Waals surface area contributed by atoms with E-state index in [2.05, 4.69) is 10.4 Å². The molecule has 0 unspecified atom stereocenters. The lowest BCUT2D eigenvalue weighted by Gasteiger charge is -2.15. The fraction of sp³-hybridized carbons (Fsp3) is 0.353. The topological polar surface area (TPSA) is 84.2 Å². The Hall–Kier alpha value is -2.63. The van der Waals surface area contributed by atoms with Crippen molar-refractivity contribution in [1.82, 2.24) is 15.1 Å². The minimum absolute atomic E-state index is 0.129. The van der Waals surface area contributed by atoms with Crippen molar-refractivity contribution in [2.24, 2.45) is 7.05 Å². The van der Waals surface area contributed by atoms with Gasteiger partial charge in [-0.2, -0.15) is 5.10 Å². The summed E-state index contributed by atoms with van der Waals surface area (Å²) in [5.74, 6) is -1.35. The van der Waals surface area contributed by atoms with Gasteiger partial charge in [0.05, 0.1) is 12.1 Å². The van der Waals surface area contributed by atoms with Crippen LogP contribution in [-0.2, 0) is 29.5 Å². The molecule has 2 aromatic rings. The highest BCUT2D eigenvalue weighted by molar-refractivity contribution is 5.85. The first-order valence-electron chi connectivity index (χ1n) is 7.43. The van der Waals surface area contributed by atoms with Gasteiger partial charge in [-0.3, -0.25) is 9.48 Å². The second-order valence-corrected chi connectivity index (χ2v) is 5.60. The van der Waals surface area contributed by atoms with Gasteiger partial charge in [-0.05, 0) is 19.4 Å². The van der Waals surface area contributed by atoms with Crippen LogP contribution in [0.3, 0.4) is 0 Å². The molecule has 0 aliphatic carbocycles. The van der Waals surface area contributed by atoms with E-state index < -0.39 is 12.0 Å². The maximum atomic E-state index is 12.2. The summed E-state index contributed by atoms with van der Waals surface area (Å²) in [4.78, 5) is 23.6. The summed E-state index contributed by atoms with van der Waals surface area (Å²) in [6.45, 7) is 3.73. The monoisotopic (exact) mass is 315 g/mol. The van der Waals surface area contributed by atoms with Crippen molar-refractivity contribution in [1.29, 1.82) is 0 Å². The molecule has 1 heterocycles. The molecule has 0 spiro atoms. The predicted molar refractivity (Wildman–Crippen MR) is 86.1 cm³/mol. The van der Waals surface area contributed by atoms with E-state index in [1.54, 1.807) is 4.68 Å². The number of aryl methyl sites for hydroxylation is 2. The van der Waals surface area contributed by atoms with Crippen LogP contribution in [0.15, 0.2) is 30.3 Å². The zero-order valence-corrected chi connectivity index (χ0v) is 13.5. The smallest absolute Gasteiger partial charge is 0.326 e. The first-order chi connectivity index (χ1) is 10.9. The van der Waals surface area contributed by atoms with Gasteiger partial charge in [0.25, 0.3) is 0 Å². The first kappa shape index (κ1) is 16.7. The van der Waals surface area contributed by atoms with E-state index in [1.165, 1.54) is 0 Å². The van der Waals surface area contributed by atoms with Crippen LogP contribution in [0.1, 0.15) is 22.5 Å². The molecule has 2 rings (SSSR count). The molecule has 1 aromatic heterocycles. The Morgan fingerprint density at radius 1 is 1.26 bits per heavy atom. The number of nitrogens with zero attached hydrogens (tertiary/aromatic N) is 2. The van der Waals surface area contributed by atoms with Gasteiger partial charge in [0.15, 0.2) is 0 Å². The van der Waals surface area contributed by atoms with E-state index >= 15 is 0 Å². The number of nitrogens with one attached hydrogen (secondary N) is 1. The average Bonchev–Trinajstić information content (AvgIpc) is 2.74. The zero-order chi connectivity index (χ0) is 17.0. The van der Waals surface area contributed by atoms with Gasteiger partial charge in [-0.25, -0.2) is 4.79 Å². The number of carboxylic acids is 1. The molecular formula is C17H21N3O3. The number of carbonyl (C=O) groups excluding carboxylic acids is 1. The van der Waals surface area contributed by atoms with Crippen molar-refractivity contribution in [2.75, 3.05) is 0 Å². The third-order valence-electron chi connectivity index (χ3n) is 3.91. The summed E-state index contributed by atoms with van der Waals surface area (Å²) in [6.07, 6.45) is 0.386. The molecule has 0 saturated heterocycles. The lowest BCUT2D eigenvalue weighted by molar-refractivity contribution is -0.141. The van der Waals surface area contributed by atoms with Gasteiger partial charge in [0, 0.05) is 24.7 Å². The van der Waals surface area contributed by atoms with E-state index in [0.29, 0.717) is 0 Å². The van der Waals surface area contributed by atoms with Crippen molar-refractivity contribution in [3.8, 4) is 0 Å². The van der Waals surface area contributed by atoms with E-state index in [4.69, 9.17) is 0 Å². The average molecular weight is 315 g/mol. The number of hydrogen-bond acceptors (Lipinski definition) is 3. The summed E-state index contributed by atoms with van der Waals surface area (Å²) in [6, 6.07) is 8.31. The lowest BCUT2D eigenvalue weighted by atomic mass is 10.0. The molecule has 2 N–H and O–H groups in total. The molecule has 1 amide bonds. The van der Waals surface area contributed by atoms with Gasteiger partial charge >= 0.3 is 5.97 Å². The second-order valence-electron chi connectivity index (χ2n) is 5.60. The van der Waals surface area contributed by atoms with Crippen molar-refractivity contribution >= 4 is 11.9 Å². The molecule has 1 aromatic carbocycles. The number of aliphatic carboxylic acids is 1. The number of carbonyl (C=O) groups is 2. The zero-order valence-electron chi connectivity index (χ0n) is 13.5. The molecule has 122 valence electrons. The molecule has 23 heavy (non-hydrogen) atoms. The van der Waals surface area contributed by atoms with Crippen molar-refractivity contribution in [2.45, 2.75) is 32.7 Å². The lowest BCUT2D eigenvalue weighted by Crippen LogP contribution is -2.43. The van der Waals surface area contributed by atoms with Gasteiger partial charge in [0.2, 0.25) is 5.91 Å². The Bertz CT molecular complexity index is 707. The Kier molecular flexibility index (Phi) is 5.16. The minimum Gasteiger partial charge on any atom is -0.480 e. The van der Waals surface area contributed by atoms with Gasteiger partial charge in [0.1, 0.15) is 6.04 Å². The largest absolute Gasteiger partial charge is 0.480 e. The number of benzene rings is 1. The summed E-state index contributed by atoms with van der Waals surface area (Å²) in [7, 11) is 1.82. The third kappa shape index (κ3) is 4.18. The summed E-state index contributed by atoms with van der Waals surface area (Å²) >= 11 is 0. The van der Waals surface area contributed by atoms with Crippen LogP contribution < -0.4 is 5.32 Å². The molecule has 6 heteroatoms. The van der Waals surface area contributed by atoms with Crippen LogP contribution in [0.4, 0.5) is 0 Å². The molecule has 6 nitrogen and oxygen atoms in total. The van der Waals surface area contributed by atoms with Crippen LogP contribution in [0.2, 0.25) is 0 Å². The molecule has 0 saturated carbocycles. The van der Waals surface area contributed by atoms with Crippen LogP contribution in [0, 0.1) is 13.8 Å². The van der Waals surface area contributed by atoms with Gasteiger partial charge < -0.3 is 10.4 Å². The molecule has 1 atom stereocenters. The number of carboxylic acid groups (broad SMARTS) is 1. The van der Waals surface area contributed by atoms with Crippen molar-refractivity contribution in [3.05, 3.63) is 52.8 Å². The van der Waals surface area contributed by atoms with Crippen LogP contribution >= 0.6 is 0 Å². The Balaban J connectivity index is 2.05. The minimum atomic E-state index is -1.04. The van der Waals surface area contributed by atoms with E-state index in [-0.39, 0.29) is 18.7 Å². The molecular weight excluding hydrogens is 294 g/mol. The summed E-state index contributed by atoms with van der Waals surface area (Å²) in [5, 5.41) is 16.2. The molecule has 0 radical (unpaired) electrons. The van der Waals surface area contributed by atoms with Crippen LogP contribution in [-0.4, -0.2) is 32.8 Å². The Morgan fingerprint density at radius 2 is 1.91 bits per heavy atom. The maximum Gasteiger partial charge on any atom is 0.326 e. The standard InChI is InChI=1S/C17H21N3O3/c1-11-14(12(2)20(3)19-11)10-16(21)18-15(17(22)23)9-13-7-5-4-6-8-13/h4-8,15H,9-10H2,1-3H3,(H,18,21)(H,22,23)/t15-/m0/s1. The third-order valence-corrected chi connectivity index (χ3v) is 3.91. The van der Waals surface area contributed by atoms with E-state index in [9.17, 15) is 14.7 Å². The molecule has 0 aliphatic heterocycles. The van der Waals surface area contributed by atoms with E-state index in [1.807, 2.05) is 51.2 Å². The van der Waals surface area contributed by atoms with Crippen LogP contribution in [0.5, 0.6) is 0 Å². The molecule has 0 aliphatic rings. The normalized spacial score (nSPS) is 12.0. The summed E-state index contributed by atoms with van der Waals surface area (Å²) < 4.78 is 1.72. The predicted octanol–water partition coefficient (Wildman–Crippen LogP) is 1.39. The second kappa shape index (κ2) is 7.09. The van der Waals surface area contributed by atoms with Crippen molar-refractivity contribution in [3.63, 3.8) is 0 Å². The fourth-order valence-corrected chi connectivity index (χ4v) is 2.53. The fourth-order valence-electron chi connectivity index (χ4n) is 2.53. The van der Waals surface area contributed by atoms with Gasteiger partial charge in [-0.1, -0.05) is 30.3 Å².